The van der Waals surface area contributed by atoms with Crippen LogP contribution in [0.1, 0.15) is 23.2 Å². The molecule has 4 nitrogen and oxygen atoms in total. The van der Waals surface area contributed by atoms with Crippen molar-refractivity contribution >= 4 is 56.0 Å². The number of thiazole rings is 1. The van der Waals surface area contributed by atoms with Gasteiger partial charge in [0.25, 0.3) is 5.91 Å². The van der Waals surface area contributed by atoms with Gasteiger partial charge in [0.2, 0.25) is 0 Å². The Balaban J connectivity index is 1.70. The fourth-order valence-electron chi connectivity index (χ4n) is 3.12. The van der Waals surface area contributed by atoms with Crippen LogP contribution in [0.2, 0.25) is 5.02 Å². The maximum atomic E-state index is 13.2. The molecule has 1 amide bonds. The van der Waals surface area contributed by atoms with Crippen LogP contribution >= 0.6 is 34.7 Å². The Labute approximate surface area is 171 Å². The molecule has 27 heavy (non-hydrogen) atoms. The van der Waals surface area contributed by atoms with E-state index >= 15 is 0 Å². The van der Waals surface area contributed by atoms with Gasteiger partial charge < -0.3 is 4.74 Å². The molecule has 3 aromatic rings. The van der Waals surface area contributed by atoms with Gasteiger partial charge in [-0.25, -0.2) is 4.98 Å². The predicted octanol–water partition coefficient (Wildman–Crippen LogP) is 5.50. The van der Waals surface area contributed by atoms with Crippen LogP contribution in [-0.4, -0.2) is 36.4 Å². The number of fused-ring (bicyclic) bond motifs is 1. The minimum atomic E-state index is -0.0775. The van der Waals surface area contributed by atoms with Crippen molar-refractivity contribution in [3.05, 3.63) is 53.1 Å². The lowest BCUT2D eigenvalue weighted by Gasteiger charge is -2.23. The Morgan fingerprint density at radius 2 is 2.15 bits per heavy atom. The molecule has 140 valence electrons. The van der Waals surface area contributed by atoms with Gasteiger partial charge in [0.1, 0.15) is 0 Å². The molecule has 0 aliphatic carbocycles. The SMILES string of the molecule is CSc1ccc2nc(N(CC3CCCO3)C(=O)c3ccc(Cl)cc3)sc2c1. The van der Waals surface area contributed by atoms with Gasteiger partial charge in [-0.05, 0) is 61.6 Å². The second-order valence-electron chi connectivity index (χ2n) is 6.39. The minimum absolute atomic E-state index is 0.0509. The zero-order chi connectivity index (χ0) is 18.8. The Hall–Kier alpha value is -1.60. The predicted molar refractivity (Wildman–Crippen MR) is 114 cm³/mol. The van der Waals surface area contributed by atoms with Crippen molar-refractivity contribution in [1.82, 2.24) is 4.98 Å². The summed E-state index contributed by atoms with van der Waals surface area (Å²) in [6, 6.07) is 13.2. The van der Waals surface area contributed by atoms with Gasteiger partial charge >= 0.3 is 0 Å². The van der Waals surface area contributed by atoms with Gasteiger partial charge in [-0.1, -0.05) is 22.9 Å². The monoisotopic (exact) mass is 418 g/mol. The summed E-state index contributed by atoms with van der Waals surface area (Å²) in [5.41, 5.74) is 1.51. The fourth-order valence-corrected chi connectivity index (χ4v) is 4.78. The van der Waals surface area contributed by atoms with Gasteiger partial charge in [-0.2, -0.15) is 0 Å². The molecule has 0 spiro atoms. The lowest BCUT2D eigenvalue weighted by molar-refractivity contribution is 0.0917. The third kappa shape index (κ3) is 4.14. The Kier molecular flexibility index (Phi) is 5.68. The van der Waals surface area contributed by atoms with Crippen molar-refractivity contribution in [2.75, 3.05) is 24.3 Å². The molecular weight excluding hydrogens is 400 g/mol. The molecule has 0 saturated carbocycles. The molecule has 0 bridgehead atoms. The molecule has 2 heterocycles. The summed E-state index contributed by atoms with van der Waals surface area (Å²) in [4.78, 5) is 20.9. The first-order valence-electron chi connectivity index (χ1n) is 8.77. The molecule has 1 saturated heterocycles. The first-order chi connectivity index (χ1) is 13.1. The number of benzene rings is 2. The third-order valence-corrected chi connectivity index (χ3v) is 6.58. The zero-order valence-electron chi connectivity index (χ0n) is 14.9. The summed E-state index contributed by atoms with van der Waals surface area (Å²) in [5, 5.41) is 1.32. The second kappa shape index (κ2) is 8.19. The van der Waals surface area contributed by atoms with E-state index in [4.69, 9.17) is 21.3 Å². The number of hydrogen-bond acceptors (Lipinski definition) is 5. The van der Waals surface area contributed by atoms with Crippen LogP contribution in [0.4, 0.5) is 5.13 Å². The van der Waals surface area contributed by atoms with E-state index in [9.17, 15) is 4.79 Å². The highest BCUT2D eigenvalue weighted by Crippen LogP contribution is 2.33. The number of hydrogen-bond donors (Lipinski definition) is 0. The topological polar surface area (TPSA) is 42.4 Å². The van der Waals surface area contributed by atoms with Crippen LogP contribution in [0.25, 0.3) is 10.2 Å². The number of carbonyl (C=O) groups excluding carboxylic acids is 1. The van der Waals surface area contributed by atoms with Crippen molar-refractivity contribution in [1.29, 1.82) is 0 Å². The molecule has 0 N–H and O–H groups in total. The lowest BCUT2D eigenvalue weighted by Crippen LogP contribution is -2.37. The molecule has 1 aliphatic rings. The van der Waals surface area contributed by atoms with Crippen LogP contribution < -0.4 is 4.90 Å². The molecule has 1 aromatic heterocycles. The number of nitrogens with zero attached hydrogens (tertiary/aromatic N) is 2. The number of carbonyl (C=O) groups is 1. The Bertz CT molecular complexity index is 952. The molecule has 1 atom stereocenters. The van der Waals surface area contributed by atoms with Gasteiger partial charge in [0, 0.05) is 22.1 Å². The highest BCUT2D eigenvalue weighted by atomic mass is 35.5. The molecule has 2 aromatic carbocycles. The summed E-state index contributed by atoms with van der Waals surface area (Å²) in [6.45, 7) is 1.27. The number of ether oxygens (including phenoxy) is 1. The number of aromatic nitrogens is 1. The molecule has 4 rings (SSSR count). The number of anilines is 1. The van der Waals surface area contributed by atoms with E-state index < -0.39 is 0 Å². The second-order valence-corrected chi connectivity index (χ2v) is 8.71. The minimum Gasteiger partial charge on any atom is -0.376 e. The summed E-state index contributed by atoms with van der Waals surface area (Å²) in [5.74, 6) is -0.0775. The van der Waals surface area contributed by atoms with Crippen LogP contribution in [0, 0.1) is 0 Å². The summed E-state index contributed by atoms with van der Waals surface area (Å²) < 4.78 is 6.86. The number of thioether (sulfide) groups is 1. The van der Waals surface area contributed by atoms with E-state index in [0.717, 1.165) is 29.7 Å². The van der Waals surface area contributed by atoms with Crippen molar-refractivity contribution in [2.24, 2.45) is 0 Å². The maximum Gasteiger partial charge on any atom is 0.260 e. The summed E-state index contributed by atoms with van der Waals surface area (Å²) in [7, 11) is 0. The van der Waals surface area contributed by atoms with Crippen molar-refractivity contribution in [3.8, 4) is 0 Å². The smallest absolute Gasteiger partial charge is 0.260 e. The molecule has 1 fully saturated rings. The van der Waals surface area contributed by atoms with E-state index in [1.165, 1.54) is 4.90 Å². The average Bonchev–Trinajstić information content (AvgIpc) is 3.34. The first kappa shape index (κ1) is 18.7. The Morgan fingerprint density at radius 1 is 1.33 bits per heavy atom. The van der Waals surface area contributed by atoms with Gasteiger partial charge in [-0.3, -0.25) is 9.69 Å². The van der Waals surface area contributed by atoms with Crippen molar-refractivity contribution in [3.63, 3.8) is 0 Å². The van der Waals surface area contributed by atoms with Crippen LogP contribution in [-0.2, 0) is 4.74 Å². The van der Waals surface area contributed by atoms with Gasteiger partial charge in [-0.15, -0.1) is 11.8 Å². The Morgan fingerprint density at radius 3 is 2.85 bits per heavy atom. The largest absolute Gasteiger partial charge is 0.376 e. The maximum absolute atomic E-state index is 13.2. The number of amides is 1. The van der Waals surface area contributed by atoms with Crippen LogP contribution in [0.15, 0.2) is 47.4 Å². The lowest BCUT2D eigenvalue weighted by atomic mass is 10.2. The third-order valence-electron chi connectivity index (χ3n) is 4.56. The van der Waals surface area contributed by atoms with Crippen molar-refractivity contribution < 1.29 is 9.53 Å². The van der Waals surface area contributed by atoms with Crippen LogP contribution in [0.5, 0.6) is 0 Å². The normalized spacial score (nSPS) is 16.7. The van der Waals surface area contributed by atoms with E-state index in [1.807, 2.05) is 6.07 Å². The molecule has 1 unspecified atom stereocenters. The van der Waals surface area contributed by atoms with Gasteiger partial charge in [0.05, 0.1) is 22.9 Å². The van der Waals surface area contributed by atoms with Crippen LogP contribution in [0.3, 0.4) is 0 Å². The molecule has 1 aliphatic heterocycles. The van der Waals surface area contributed by atoms with E-state index in [1.54, 1.807) is 52.3 Å². The fraction of sp³-hybridized carbons (Fsp3) is 0.300. The summed E-state index contributed by atoms with van der Waals surface area (Å²) >= 11 is 9.22. The first-order valence-corrected chi connectivity index (χ1v) is 11.2. The highest BCUT2D eigenvalue weighted by molar-refractivity contribution is 7.98. The quantitative estimate of drug-likeness (QED) is 0.513. The van der Waals surface area contributed by atoms with E-state index in [2.05, 4.69) is 18.4 Å². The van der Waals surface area contributed by atoms with E-state index in [-0.39, 0.29) is 12.0 Å². The summed E-state index contributed by atoms with van der Waals surface area (Å²) in [6.07, 6.45) is 4.10. The highest BCUT2D eigenvalue weighted by Gasteiger charge is 2.27. The van der Waals surface area contributed by atoms with Gasteiger partial charge in [0.15, 0.2) is 5.13 Å². The van der Waals surface area contributed by atoms with E-state index in [0.29, 0.717) is 22.3 Å². The molecule has 7 heteroatoms. The molecule has 0 radical (unpaired) electrons. The van der Waals surface area contributed by atoms with Crippen molar-refractivity contribution in [2.45, 2.75) is 23.8 Å². The number of rotatable bonds is 5. The standard InChI is InChI=1S/C20H19ClN2O2S2/c1-26-16-8-9-17-18(11-16)27-20(22-17)23(12-15-3-2-10-25-15)19(24)13-4-6-14(21)7-5-13/h4-9,11,15H,2-3,10,12H2,1H3. The number of halogens is 1. The average molecular weight is 419 g/mol. The zero-order valence-corrected chi connectivity index (χ0v) is 17.2. The molecular formula is C20H19ClN2O2S2.